The number of benzene rings is 1. The van der Waals surface area contributed by atoms with Crippen LogP contribution in [0.15, 0.2) is 23.1 Å². The smallest absolute Gasteiger partial charge is 0.317 e. The molecule has 0 atom stereocenters. The van der Waals surface area contributed by atoms with Crippen molar-refractivity contribution >= 4 is 16.0 Å². The normalized spacial score (nSPS) is 17.3. The van der Waals surface area contributed by atoms with Gasteiger partial charge in [0.15, 0.2) is 0 Å². The number of halogens is 1. The Morgan fingerprint density at radius 3 is 2.54 bits per heavy atom. The van der Waals surface area contributed by atoms with Crippen LogP contribution >= 0.6 is 0 Å². The maximum atomic E-state index is 13.9. The van der Waals surface area contributed by atoms with Crippen molar-refractivity contribution in [2.24, 2.45) is 0 Å². The summed E-state index contributed by atoms with van der Waals surface area (Å²) in [6.07, 6.45) is 1.07. The molecule has 1 aliphatic rings. The Kier molecular flexibility index (Phi) is 5.95. The molecule has 0 bridgehead atoms. The number of rotatable bonds is 6. The van der Waals surface area contributed by atoms with Crippen LogP contribution in [-0.2, 0) is 14.8 Å². The zero-order chi connectivity index (χ0) is 17.9. The number of carboxylic acids is 1. The van der Waals surface area contributed by atoms with Crippen LogP contribution in [0.3, 0.4) is 0 Å². The van der Waals surface area contributed by atoms with Gasteiger partial charge in [0.25, 0.3) is 0 Å². The quantitative estimate of drug-likeness (QED) is 0.837. The molecule has 24 heavy (non-hydrogen) atoms. The van der Waals surface area contributed by atoms with E-state index in [4.69, 9.17) is 5.11 Å². The lowest BCUT2D eigenvalue weighted by Crippen LogP contribution is -2.48. The molecule has 1 fully saturated rings. The molecule has 1 heterocycles. The number of carboxylic acid groups (broad SMARTS) is 1. The summed E-state index contributed by atoms with van der Waals surface area (Å²) < 4.78 is 40.6. The highest BCUT2D eigenvalue weighted by molar-refractivity contribution is 7.89. The largest absolute Gasteiger partial charge is 0.480 e. The monoisotopic (exact) mass is 358 g/mol. The highest BCUT2D eigenvalue weighted by atomic mass is 32.2. The second-order valence-corrected chi connectivity index (χ2v) is 7.93. The number of likely N-dealkylation sites (N-methyl/N-ethyl adjacent to an activating group) is 1. The summed E-state index contributed by atoms with van der Waals surface area (Å²) >= 11 is 0. The molecule has 0 saturated carbocycles. The van der Waals surface area contributed by atoms with E-state index in [1.807, 2.05) is 11.8 Å². The van der Waals surface area contributed by atoms with E-state index in [1.165, 1.54) is 22.5 Å². The minimum absolute atomic E-state index is 0.0277. The Bertz CT molecular complexity index is 700. The van der Waals surface area contributed by atoms with Gasteiger partial charge >= 0.3 is 5.97 Å². The summed E-state index contributed by atoms with van der Waals surface area (Å²) in [7, 11) is -3.87. The average molecular weight is 358 g/mol. The van der Waals surface area contributed by atoms with Crippen molar-refractivity contribution in [3.63, 3.8) is 0 Å². The minimum Gasteiger partial charge on any atom is -0.480 e. The number of carbonyl (C=O) groups is 1. The van der Waals surface area contributed by atoms with E-state index in [9.17, 15) is 17.6 Å². The molecule has 6 nitrogen and oxygen atoms in total. The van der Waals surface area contributed by atoms with E-state index in [1.54, 1.807) is 6.92 Å². The summed E-state index contributed by atoms with van der Waals surface area (Å²) in [6, 6.07) is 4.08. The molecule has 0 unspecified atom stereocenters. The topological polar surface area (TPSA) is 77.9 Å². The van der Waals surface area contributed by atoms with Crippen LogP contribution < -0.4 is 0 Å². The van der Waals surface area contributed by atoms with Crippen LogP contribution in [0.4, 0.5) is 4.39 Å². The Labute approximate surface area is 141 Å². The molecule has 8 heteroatoms. The van der Waals surface area contributed by atoms with Gasteiger partial charge in [-0.2, -0.15) is 4.31 Å². The first-order valence-electron chi connectivity index (χ1n) is 7.98. The van der Waals surface area contributed by atoms with Gasteiger partial charge in [-0.3, -0.25) is 9.69 Å². The zero-order valence-electron chi connectivity index (χ0n) is 13.9. The molecule has 0 amide bonds. The maximum Gasteiger partial charge on any atom is 0.317 e. The van der Waals surface area contributed by atoms with Gasteiger partial charge in [0, 0.05) is 19.1 Å². The second kappa shape index (κ2) is 7.58. The van der Waals surface area contributed by atoms with E-state index >= 15 is 0 Å². The first kappa shape index (κ1) is 18.8. The minimum atomic E-state index is -3.87. The van der Waals surface area contributed by atoms with Crippen LogP contribution in [0.2, 0.25) is 0 Å². The summed E-state index contributed by atoms with van der Waals surface area (Å²) in [6.45, 7) is 4.66. The molecule has 0 aliphatic carbocycles. The third-order valence-corrected chi connectivity index (χ3v) is 6.30. The van der Waals surface area contributed by atoms with Crippen LogP contribution in [0.25, 0.3) is 0 Å². The SMILES string of the molecule is CCN(CC(=O)O)C1CCN(S(=O)(=O)c2cc(C)ccc2F)CC1. The molecule has 0 radical (unpaired) electrons. The summed E-state index contributed by atoms with van der Waals surface area (Å²) in [5.74, 6) is -1.64. The Hall–Kier alpha value is -1.51. The summed E-state index contributed by atoms with van der Waals surface area (Å²) in [5.41, 5.74) is 0.684. The van der Waals surface area contributed by atoms with E-state index in [-0.39, 0.29) is 30.6 Å². The van der Waals surface area contributed by atoms with Gasteiger partial charge in [-0.25, -0.2) is 12.8 Å². The molecule has 1 aromatic rings. The number of hydrogen-bond acceptors (Lipinski definition) is 4. The van der Waals surface area contributed by atoms with Crippen molar-refractivity contribution in [3.8, 4) is 0 Å². The molecular weight excluding hydrogens is 335 g/mol. The lowest BCUT2D eigenvalue weighted by atomic mass is 10.0. The predicted octanol–water partition coefficient (Wildman–Crippen LogP) is 1.69. The van der Waals surface area contributed by atoms with Gasteiger partial charge in [-0.05, 0) is 44.0 Å². The Morgan fingerprint density at radius 2 is 2.00 bits per heavy atom. The zero-order valence-corrected chi connectivity index (χ0v) is 14.7. The fraction of sp³-hybridized carbons (Fsp3) is 0.562. The second-order valence-electron chi connectivity index (χ2n) is 6.03. The first-order chi connectivity index (χ1) is 11.3. The van der Waals surface area contributed by atoms with Crippen LogP contribution in [0.5, 0.6) is 0 Å². The molecule has 1 N–H and O–H groups in total. The van der Waals surface area contributed by atoms with Gasteiger partial charge in [-0.1, -0.05) is 13.0 Å². The van der Waals surface area contributed by atoms with Crippen LogP contribution in [0, 0.1) is 12.7 Å². The standard InChI is InChI=1S/C16H23FN2O4S/c1-3-18(11-16(20)21)13-6-8-19(9-7-13)24(22,23)15-10-12(2)4-5-14(15)17/h4-5,10,13H,3,6-9,11H2,1-2H3,(H,20,21). The van der Waals surface area contributed by atoms with Crippen molar-refractivity contribution in [3.05, 3.63) is 29.6 Å². The lowest BCUT2D eigenvalue weighted by Gasteiger charge is -2.36. The van der Waals surface area contributed by atoms with Crippen molar-refractivity contribution < 1.29 is 22.7 Å². The molecule has 1 saturated heterocycles. The molecule has 134 valence electrons. The molecule has 0 aromatic heterocycles. The van der Waals surface area contributed by atoms with E-state index in [0.29, 0.717) is 24.9 Å². The Morgan fingerprint density at radius 1 is 1.38 bits per heavy atom. The summed E-state index contributed by atoms with van der Waals surface area (Å²) in [5, 5.41) is 8.94. The van der Waals surface area contributed by atoms with E-state index in [2.05, 4.69) is 0 Å². The summed E-state index contributed by atoms with van der Waals surface area (Å²) in [4.78, 5) is 12.4. The van der Waals surface area contributed by atoms with Gasteiger partial charge in [0.05, 0.1) is 6.54 Å². The molecule has 2 rings (SSSR count). The average Bonchev–Trinajstić information content (AvgIpc) is 2.54. The van der Waals surface area contributed by atoms with Crippen LogP contribution in [-0.4, -0.2) is 60.9 Å². The Balaban J connectivity index is 2.11. The van der Waals surface area contributed by atoms with Crippen molar-refractivity contribution in [1.29, 1.82) is 0 Å². The van der Waals surface area contributed by atoms with Gasteiger partial charge < -0.3 is 5.11 Å². The lowest BCUT2D eigenvalue weighted by molar-refractivity contribution is -0.139. The fourth-order valence-corrected chi connectivity index (χ4v) is 4.69. The molecular formula is C16H23FN2O4S. The molecule has 0 spiro atoms. The first-order valence-corrected chi connectivity index (χ1v) is 9.42. The number of hydrogen-bond donors (Lipinski definition) is 1. The predicted molar refractivity (Wildman–Crippen MR) is 87.8 cm³/mol. The highest BCUT2D eigenvalue weighted by Gasteiger charge is 2.33. The van der Waals surface area contributed by atoms with Gasteiger partial charge in [-0.15, -0.1) is 0 Å². The number of aryl methyl sites for hydroxylation is 1. The third kappa shape index (κ3) is 4.12. The number of nitrogens with zero attached hydrogens (tertiary/aromatic N) is 2. The number of piperidine rings is 1. The van der Waals surface area contributed by atoms with Crippen LogP contribution in [0.1, 0.15) is 25.3 Å². The highest BCUT2D eigenvalue weighted by Crippen LogP contribution is 2.25. The van der Waals surface area contributed by atoms with E-state index < -0.39 is 21.8 Å². The van der Waals surface area contributed by atoms with Crippen molar-refractivity contribution in [2.45, 2.75) is 37.6 Å². The van der Waals surface area contributed by atoms with Gasteiger partial charge in [0.2, 0.25) is 10.0 Å². The fourth-order valence-electron chi connectivity index (χ4n) is 3.07. The number of sulfonamides is 1. The molecule has 1 aromatic carbocycles. The van der Waals surface area contributed by atoms with Gasteiger partial charge in [0.1, 0.15) is 10.7 Å². The maximum absolute atomic E-state index is 13.9. The van der Waals surface area contributed by atoms with E-state index in [0.717, 1.165) is 0 Å². The molecule has 1 aliphatic heterocycles. The number of aliphatic carboxylic acids is 1. The van der Waals surface area contributed by atoms with Crippen molar-refractivity contribution in [1.82, 2.24) is 9.21 Å². The van der Waals surface area contributed by atoms with Crippen molar-refractivity contribution in [2.75, 3.05) is 26.2 Å². The third-order valence-electron chi connectivity index (χ3n) is 4.39.